The van der Waals surface area contributed by atoms with Crippen LogP contribution in [-0.2, 0) is 6.54 Å². The summed E-state index contributed by atoms with van der Waals surface area (Å²) >= 11 is 0. The van der Waals surface area contributed by atoms with E-state index in [9.17, 15) is 0 Å². The molecule has 0 atom stereocenters. The summed E-state index contributed by atoms with van der Waals surface area (Å²) in [6.45, 7) is 7.52. The molecule has 3 N–H and O–H groups in total. The summed E-state index contributed by atoms with van der Waals surface area (Å²) in [4.78, 5) is 2.39. The number of aromatic nitrogens is 2. The van der Waals surface area contributed by atoms with Crippen LogP contribution in [0.4, 0.5) is 5.82 Å². The third-order valence-electron chi connectivity index (χ3n) is 3.23. The molecule has 18 heavy (non-hydrogen) atoms. The molecule has 0 aliphatic heterocycles. The Morgan fingerprint density at radius 2 is 1.83 bits per heavy atom. The van der Waals surface area contributed by atoms with Crippen molar-refractivity contribution >= 4 is 5.82 Å². The molecule has 1 heterocycles. The summed E-state index contributed by atoms with van der Waals surface area (Å²) in [6, 6.07) is 8.50. The zero-order valence-electron chi connectivity index (χ0n) is 11.0. The topological polar surface area (TPSA) is 57.9 Å². The maximum Gasteiger partial charge on any atom is 0.126 e. The number of aromatic amines is 1. The van der Waals surface area contributed by atoms with Crippen LogP contribution in [0.15, 0.2) is 30.5 Å². The predicted molar refractivity (Wildman–Crippen MR) is 75.1 cm³/mol. The van der Waals surface area contributed by atoms with E-state index < -0.39 is 0 Å². The number of benzene rings is 1. The highest BCUT2D eigenvalue weighted by Gasteiger charge is 2.05. The van der Waals surface area contributed by atoms with Crippen LogP contribution in [0.1, 0.15) is 19.4 Å². The predicted octanol–water partition coefficient (Wildman–Crippen LogP) is 2.50. The molecule has 0 aliphatic carbocycles. The fourth-order valence-corrected chi connectivity index (χ4v) is 2.02. The van der Waals surface area contributed by atoms with E-state index in [1.165, 1.54) is 5.56 Å². The monoisotopic (exact) mass is 244 g/mol. The Morgan fingerprint density at radius 3 is 2.33 bits per heavy atom. The molecule has 1 aromatic heterocycles. The van der Waals surface area contributed by atoms with E-state index in [4.69, 9.17) is 5.73 Å². The Hall–Kier alpha value is -1.81. The van der Waals surface area contributed by atoms with Crippen LogP contribution in [0.5, 0.6) is 0 Å². The average molecular weight is 244 g/mol. The average Bonchev–Trinajstić information content (AvgIpc) is 2.83. The first-order chi connectivity index (χ1) is 8.74. The van der Waals surface area contributed by atoms with E-state index in [-0.39, 0.29) is 0 Å². The number of hydrogen-bond donors (Lipinski definition) is 2. The Bertz CT molecular complexity index is 483. The van der Waals surface area contributed by atoms with Gasteiger partial charge in [-0.3, -0.25) is 10.00 Å². The second-order valence-electron chi connectivity index (χ2n) is 4.36. The van der Waals surface area contributed by atoms with E-state index in [1.54, 1.807) is 6.20 Å². The highest BCUT2D eigenvalue weighted by atomic mass is 15.1. The van der Waals surface area contributed by atoms with E-state index >= 15 is 0 Å². The highest BCUT2D eigenvalue weighted by molar-refractivity contribution is 5.72. The number of anilines is 1. The normalized spacial score (nSPS) is 11.1. The summed E-state index contributed by atoms with van der Waals surface area (Å²) in [5.74, 6) is 0.617. The van der Waals surface area contributed by atoms with Crippen molar-refractivity contribution < 1.29 is 0 Å². The lowest BCUT2D eigenvalue weighted by Crippen LogP contribution is -2.21. The first-order valence-electron chi connectivity index (χ1n) is 6.35. The zero-order valence-corrected chi connectivity index (χ0v) is 11.0. The van der Waals surface area contributed by atoms with Crippen LogP contribution in [0.2, 0.25) is 0 Å². The van der Waals surface area contributed by atoms with Gasteiger partial charge in [-0.15, -0.1) is 0 Å². The molecule has 0 unspecified atom stereocenters. The fraction of sp³-hybridized carbons (Fsp3) is 0.357. The minimum absolute atomic E-state index is 0.617. The molecular formula is C14H20N4. The van der Waals surface area contributed by atoms with Crippen LogP contribution < -0.4 is 5.73 Å². The van der Waals surface area contributed by atoms with Gasteiger partial charge in [-0.25, -0.2) is 0 Å². The van der Waals surface area contributed by atoms with Gasteiger partial charge in [-0.05, 0) is 24.2 Å². The molecule has 2 aromatic rings. The maximum atomic E-state index is 5.81. The van der Waals surface area contributed by atoms with Gasteiger partial charge < -0.3 is 5.73 Å². The Morgan fingerprint density at radius 1 is 1.17 bits per heavy atom. The highest BCUT2D eigenvalue weighted by Crippen LogP contribution is 2.23. The van der Waals surface area contributed by atoms with Gasteiger partial charge in [-0.2, -0.15) is 5.10 Å². The molecule has 0 saturated heterocycles. The summed E-state index contributed by atoms with van der Waals surface area (Å²) < 4.78 is 0. The number of nitrogens with one attached hydrogen (secondary N) is 1. The lowest BCUT2D eigenvalue weighted by Gasteiger charge is -2.18. The summed E-state index contributed by atoms with van der Waals surface area (Å²) in [5, 5.41) is 6.69. The summed E-state index contributed by atoms with van der Waals surface area (Å²) in [6.07, 6.45) is 1.76. The third-order valence-corrected chi connectivity index (χ3v) is 3.23. The van der Waals surface area contributed by atoms with Gasteiger partial charge in [-0.1, -0.05) is 38.1 Å². The van der Waals surface area contributed by atoms with Gasteiger partial charge >= 0.3 is 0 Å². The Kier molecular flexibility index (Phi) is 3.99. The summed E-state index contributed by atoms with van der Waals surface area (Å²) in [5.41, 5.74) is 9.20. The van der Waals surface area contributed by atoms with Crippen molar-refractivity contribution in [3.8, 4) is 11.1 Å². The molecule has 0 aliphatic rings. The standard InChI is InChI=1S/C14H20N4/c1-3-18(4-2)10-11-5-7-12(8-6-11)13-9-16-17-14(13)15/h5-9H,3-4,10H2,1-2H3,(H3,15,16,17). The minimum Gasteiger partial charge on any atom is -0.384 e. The van der Waals surface area contributed by atoms with Crippen molar-refractivity contribution in [2.24, 2.45) is 0 Å². The van der Waals surface area contributed by atoms with E-state index in [0.29, 0.717) is 5.82 Å². The molecule has 0 saturated carbocycles. The number of rotatable bonds is 5. The van der Waals surface area contributed by atoms with Crippen LogP contribution in [0.3, 0.4) is 0 Å². The smallest absolute Gasteiger partial charge is 0.126 e. The fourth-order valence-electron chi connectivity index (χ4n) is 2.02. The third kappa shape index (κ3) is 2.71. The van der Waals surface area contributed by atoms with Crippen molar-refractivity contribution in [3.05, 3.63) is 36.0 Å². The van der Waals surface area contributed by atoms with E-state index in [0.717, 1.165) is 30.8 Å². The zero-order chi connectivity index (χ0) is 13.0. The SMILES string of the molecule is CCN(CC)Cc1ccc(-c2cn[nH]c2N)cc1. The van der Waals surface area contributed by atoms with Crippen molar-refractivity contribution in [1.82, 2.24) is 15.1 Å². The lowest BCUT2D eigenvalue weighted by atomic mass is 10.1. The molecule has 1 aromatic carbocycles. The van der Waals surface area contributed by atoms with Gasteiger partial charge in [0.25, 0.3) is 0 Å². The van der Waals surface area contributed by atoms with E-state index in [1.807, 2.05) is 0 Å². The maximum absolute atomic E-state index is 5.81. The van der Waals surface area contributed by atoms with Crippen LogP contribution in [0.25, 0.3) is 11.1 Å². The van der Waals surface area contributed by atoms with Gasteiger partial charge in [0, 0.05) is 12.1 Å². The molecular weight excluding hydrogens is 224 g/mol. The van der Waals surface area contributed by atoms with Crippen LogP contribution >= 0.6 is 0 Å². The molecule has 0 amide bonds. The molecule has 0 bridgehead atoms. The molecule has 0 fully saturated rings. The summed E-state index contributed by atoms with van der Waals surface area (Å²) in [7, 11) is 0. The first kappa shape index (κ1) is 12.6. The Balaban J connectivity index is 2.13. The Labute approximate surface area is 108 Å². The van der Waals surface area contributed by atoms with Crippen molar-refractivity contribution in [2.75, 3.05) is 18.8 Å². The molecule has 4 heteroatoms. The molecule has 2 rings (SSSR count). The first-order valence-corrected chi connectivity index (χ1v) is 6.35. The quantitative estimate of drug-likeness (QED) is 0.849. The lowest BCUT2D eigenvalue weighted by molar-refractivity contribution is 0.296. The number of H-pyrrole nitrogens is 1. The largest absolute Gasteiger partial charge is 0.384 e. The molecule has 0 spiro atoms. The van der Waals surface area contributed by atoms with Crippen molar-refractivity contribution in [1.29, 1.82) is 0 Å². The molecule has 96 valence electrons. The minimum atomic E-state index is 0.617. The van der Waals surface area contributed by atoms with Crippen molar-refractivity contribution in [2.45, 2.75) is 20.4 Å². The number of nitrogens with two attached hydrogens (primary N) is 1. The molecule has 0 radical (unpaired) electrons. The van der Waals surface area contributed by atoms with Crippen molar-refractivity contribution in [3.63, 3.8) is 0 Å². The number of nitrogens with zero attached hydrogens (tertiary/aromatic N) is 2. The van der Waals surface area contributed by atoms with E-state index in [2.05, 4.69) is 53.2 Å². The number of hydrogen-bond acceptors (Lipinski definition) is 3. The van der Waals surface area contributed by atoms with Crippen LogP contribution in [-0.4, -0.2) is 28.2 Å². The van der Waals surface area contributed by atoms with Crippen LogP contribution in [0, 0.1) is 0 Å². The number of nitrogen functional groups attached to an aromatic ring is 1. The second kappa shape index (κ2) is 5.69. The van der Waals surface area contributed by atoms with Gasteiger partial charge in [0.1, 0.15) is 5.82 Å². The second-order valence-corrected chi connectivity index (χ2v) is 4.36. The molecule has 4 nitrogen and oxygen atoms in total. The van der Waals surface area contributed by atoms with Gasteiger partial charge in [0.15, 0.2) is 0 Å². The van der Waals surface area contributed by atoms with Gasteiger partial charge in [0.2, 0.25) is 0 Å². The van der Waals surface area contributed by atoms with Gasteiger partial charge in [0.05, 0.1) is 6.20 Å².